The van der Waals surface area contributed by atoms with Gasteiger partial charge in [0.05, 0.1) is 10.5 Å². The average Bonchev–Trinajstić information content (AvgIpc) is 3.46. The van der Waals surface area contributed by atoms with Crippen LogP contribution in [0.25, 0.3) is 11.0 Å². The molecule has 0 bridgehead atoms. The van der Waals surface area contributed by atoms with E-state index in [-0.39, 0.29) is 12.7 Å². The van der Waals surface area contributed by atoms with E-state index in [4.69, 9.17) is 31.8 Å². The fraction of sp³-hybridized carbons (Fsp3) is 0.381. The summed E-state index contributed by atoms with van der Waals surface area (Å²) in [5.41, 5.74) is 7.72. The number of benzene rings is 1. The largest absolute Gasteiger partial charge is 0.454 e. The van der Waals surface area contributed by atoms with Gasteiger partial charge >= 0.3 is 0 Å². The zero-order valence-electron chi connectivity index (χ0n) is 17.0. The number of halogens is 1. The second-order valence-corrected chi connectivity index (χ2v) is 9.17. The summed E-state index contributed by atoms with van der Waals surface area (Å²) in [6.07, 6.45) is 3.66. The molecule has 162 valence electrons. The van der Waals surface area contributed by atoms with E-state index in [0.29, 0.717) is 33.8 Å². The highest BCUT2D eigenvalue weighted by atomic mass is 35.5. The summed E-state index contributed by atoms with van der Waals surface area (Å²) in [6.45, 7) is 4.23. The summed E-state index contributed by atoms with van der Waals surface area (Å²) < 4.78 is 13.1. The molecular formula is C21H22ClN5O3S. The van der Waals surface area contributed by atoms with Crippen LogP contribution in [-0.4, -0.2) is 45.2 Å². The van der Waals surface area contributed by atoms with Gasteiger partial charge in [-0.05, 0) is 42.7 Å². The van der Waals surface area contributed by atoms with Crippen molar-refractivity contribution in [3.8, 4) is 11.5 Å². The minimum atomic E-state index is 0.142. The molecule has 0 spiro atoms. The molecule has 0 saturated carbocycles. The second-order valence-electron chi connectivity index (χ2n) is 7.76. The zero-order valence-corrected chi connectivity index (χ0v) is 18.6. The summed E-state index contributed by atoms with van der Waals surface area (Å²) in [7, 11) is 0. The number of fused-ring (bicyclic) bond motifs is 2. The quantitative estimate of drug-likeness (QED) is 0.619. The number of hydrogen-bond acceptors (Lipinski definition) is 7. The number of amides is 1. The molecule has 2 aliphatic rings. The van der Waals surface area contributed by atoms with Crippen LogP contribution in [0.15, 0.2) is 34.4 Å². The smallest absolute Gasteiger partial charge is 0.231 e. The summed E-state index contributed by atoms with van der Waals surface area (Å²) in [4.78, 5) is 23.4. The van der Waals surface area contributed by atoms with Gasteiger partial charge in [0, 0.05) is 43.7 Å². The van der Waals surface area contributed by atoms with E-state index in [2.05, 4.69) is 9.55 Å². The zero-order chi connectivity index (χ0) is 21.5. The Balaban J connectivity index is 1.44. The predicted molar refractivity (Wildman–Crippen MR) is 119 cm³/mol. The molecule has 8 nitrogen and oxygen atoms in total. The highest BCUT2D eigenvalue weighted by Gasteiger charge is 2.25. The van der Waals surface area contributed by atoms with Gasteiger partial charge in [0.2, 0.25) is 12.7 Å². The summed E-state index contributed by atoms with van der Waals surface area (Å²) in [6, 6.07) is 5.58. The maximum absolute atomic E-state index is 11.7. The van der Waals surface area contributed by atoms with E-state index >= 15 is 0 Å². The third-order valence-electron chi connectivity index (χ3n) is 5.78. The molecule has 1 saturated heterocycles. The van der Waals surface area contributed by atoms with Crippen LogP contribution >= 0.6 is 23.4 Å². The van der Waals surface area contributed by atoms with Gasteiger partial charge in [0.1, 0.15) is 5.52 Å². The number of imidazole rings is 1. The molecule has 3 aromatic rings. The Bertz CT molecular complexity index is 1170. The van der Waals surface area contributed by atoms with Crippen LogP contribution in [0.3, 0.4) is 0 Å². The van der Waals surface area contributed by atoms with Crippen molar-refractivity contribution < 1.29 is 14.3 Å². The van der Waals surface area contributed by atoms with Crippen LogP contribution in [0.1, 0.15) is 19.8 Å². The average molecular weight is 460 g/mol. The summed E-state index contributed by atoms with van der Waals surface area (Å²) in [5, 5.41) is 1.36. The van der Waals surface area contributed by atoms with Crippen molar-refractivity contribution in [2.45, 2.75) is 36.4 Å². The van der Waals surface area contributed by atoms with E-state index in [1.165, 1.54) is 11.8 Å². The van der Waals surface area contributed by atoms with Gasteiger partial charge in [0.15, 0.2) is 22.5 Å². The number of rotatable bonds is 5. The molecule has 1 aromatic carbocycles. The lowest BCUT2D eigenvalue weighted by atomic mass is 10.1. The molecule has 0 radical (unpaired) electrons. The molecular weight excluding hydrogens is 438 g/mol. The first-order valence-corrected chi connectivity index (χ1v) is 11.3. The fourth-order valence-electron chi connectivity index (χ4n) is 4.09. The molecule has 10 heteroatoms. The van der Waals surface area contributed by atoms with Gasteiger partial charge in [-0.2, -0.15) is 0 Å². The molecule has 31 heavy (non-hydrogen) atoms. The molecule has 4 heterocycles. The number of carbonyl (C=O) groups is 1. The maximum Gasteiger partial charge on any atom is 0.231 e. The van der Waals surface area contributed by atoms with Crippen LogP contribution in [-0.2, 0) is 11.3 Å². The van der Waals surface area contributed by atoms with E-state index in [0.717, 1.165) is 48.0 Å². The first-order valence-electron chi connectivity index (χ1n) is 10.1. The third-order valence-corrected chi connectivity index (χ3v) is 7.26. The number of hydrogen-bond donors (Lipinski definition) is 1. The SMILES string of the molecule is CC(=O)N1CCC(CCn2c(Sc3cc4c(cc3Cl)OCO4)nc3c(N)nccc32)C1. The standard InChI is InChI=1S/C21H22ClN5O3S/c1-12(28)26-6-3-13(10-26)4-7-27-15-2-5-24-20(23)19(15)25-21(27)31-18-9-17-16(8-14(18)22)29-11-30-17/h2,5,8-9,13H,3-4,6-7,10-11H2,1H3,(H2,23,24). The van der Waals surface area contributed by atoms with Crippen molar-refractivity contribution in [2.24, 2.45) is 5.92 Å². The molecule has 2 aliphatic heterocycles. The lowest BCUT2D eigenvalue weighted by Gasteiger charge is -2.15. The lowest BCUT2D eigenvalue weighted by molar-refractivity contribution is -0.127. The van der Waals surface area contributed by atoms with Gasteiger partial charge in [0.25, 0.3) is 0 Å². The lowest BCUT2D eigenvalue weighted by Crippen LogP contribution is -2.25. The Morgan fingerprint density at radius 1 is 1.35 bits per heavy atom. The summed E-state index contributed by atoms with van der Waals surface area (Å²) in [5.74, 6) is 2.33. The van der Waals surface area contributed by atoms with Gasteiger partial charge in [-0.25, -0.2) is 9.97 Å². The molecule has 2 N–H and O–H groups in total. The minimum absolute atomic E-state index is 0.142. The second kappa shape index (κ2) is 8.12. The van der Waals surface area contributed by atoms with Crippen LogP contribution in [0.2, 0.25) is 5.02 Å². The van der Waals surface area contributed by atoms with Crippen molar-refractivity contribution in [3.63, 3.8) is 0 Å². The number of nitrogens with two attached hydrogens (primary N) is 1. The Morgan fingerprint density at radius 2 is 2.16 bits per heavy atom. The van der Waals surface area contributed by atoms with Crippen molar-refractivity contribution in [1.29, 1.82) is 0 Å². The number of aromatic nitrogens is 3. The monoisotopic (exact) mass is 459 g/mol. The van der Waals surface area contributed by atoms with Crippen LogP contribution in [0.5, 0.6) is 11.5 Å². The van der Waals surface area contributed by atoms with Gasteiger partial charge < -0.3 is 24.7 Å². The molecule has 1 fully saturated rings. The minimum Gasteiger partial charge on any atom is -0.454 e. The Morgan fingerprint density at radius 3 is 2.94 bits per heavy atom. The number of nitrogens with zero attached hydrogens (tertiary/aromatic N) is 4. The fourth-order valence-corrected chi connectivity index (χ4v) is 5.31. The van der Waals surface area contributed by atoms with Crippen molar-refractivity contribution in [3.05, 3.63) is 29.4 Å². The Labute approximate surface area is 188 Å². The highest BCUT2D eigenvalue weighted by Crippen LogP contribution is 2.43. The summed E-state index contributed by atoms with van der Waals surface area (Å²) >= 11 is 7.96. The molecule has 0 aliphatic carbocycles. The third kappa shape index (κ3) is 3.87. The van der Waals surface area contributed by atoms with Crippen molar-refractivity contribution >= 4 is 46.1 Å². The van der Waals surface area contributed by atoms with E-state index in [1.807, 2.05) is 17.0 Å². The maximum atomic E-state index is 11.7. The molecule has 2 aromatic heterocycles. The van der Waals surface area contributed by atoms with Gasteiger partial charge in [-0.1, -0.05) is 11.6 Å². The van der Waals surface area contributed by atoms with Gasteiger partial charge in [-0.3, -0.25) is 4.79 Å². The molecule has 1 unspecified atom stereocenters. The Hall–Kier alpha value is -2.65. The molecule has 5 rings (SSSR count). The van der Waals surface area contributed by atoms with E-state index < -0.39 is 0 Å². The molecule has 1 amide bonds. The Kier molecular flexibility index (Phi) is 5.31. The number of aryl methyl sites for hydroxylation is 1. The molecule has 1 atom stereocenters. The number of ether oxygens (including phenoxy) is 2. The number of pyridine rings is 1. The van der Waals surface area contributed by atoms with Gasteiger partial charge in [-0.15, -0.1) is 0 Å². The van der Waals surface area contributed by atoms with Crippen molar-refractivity contribution in [2.75, 3.05) is 25.6 Å². The van der Waals surface area contributed by atoms with Crippen LogP contribution < -0.4 is 15.2 Å². The van der Waals surface area contributed by atoms with Crippen LogP contribution in [0, 0.1) is 5.92 Å². The van der Waals surface area contributed by atoms with E-state index in [9.17, 15) is 4.79 Å². The number of anilines is 1. The normalized spacial score (nSPS) is 17.6. The van der Waals surface area contributed by atoms with Crippen LogP contribution in [0.4, 0.5) is 5.82 Å². The first-order chi connectivity index (χ1) is 15.0. The topological polar surface area (TPSA) is 95.5 Å². The number of nitrogen functional groups attached to an aromatic ring is 1. The van der Waals surface area contributed by atoms with E-state index in [1.54, 1.807) is 19.2 Å². The first kappa shape index (κ1) is 20.3. The van der Waals surface area contributed by atoms with Crippen molar-refractivity contribution in [1.82, 2.24) is 19.4 Å². The number of likely N-dealkylation sites (tertiary alicyclic amines) is 1. The predicted octanol–water partition coefficient (Wildman–Crippen LogP) is 3.81. The highest BCUT2D eigenvalue weighted by molar-refractivity contribution is 7.99. The number of carbonyl (C=O) groups excluding carboxylic acids is 1.